The first kappa shape index (κ1) is 20.2. The highest BCUT2D eigenvalue weighted by atomic mass is 16.5. The normalized spacial score (nSPS) is 27.4. The number of nitrogens with one attached hydrogen (secondary N) is 1. The number of hydrogen-bond donors (Lipinski definition) is 4. The summed E-state index contributed by atoms with van der Waals surface area (Å²) < 4.78 is 12.5. The van der Waals surface area contributed by atoms with Gasteiger partial charge in [-0.3, -0.25) is 4.79 Å². The Labute approximate surface area is 161 Å². The minimum absolute atomic E-state index is 0.189. The molecule has 1 aliphatic rings. The van der Waals surface area contributed by atoms with Gasteiger partial charge in [-0.1, -0.05) is 17.3 Å². The van der Waals surface area contributed by atoms with E-state index in [1.807, 2.05) is 0 Å². The summed E-state index contributed by atoms with van der Waals surface area (Å²) in [7, 11) is 1.56. The van der Waals surface area contributed by atoms with Crippen molar-refractivity contribution in [1.29, 1.82) is 0 Å². The summed E-state index contributed by atoms with van der Waals surface area (Å²) in [6, 6.07) is 6.29. The largest absolute Gasteiger partial charge is 0.497 e. The summed E-state index contributed by atoms with van der Waals surface area (Å²) in [5.41, 5.74) is 1.21. The molecule has 1 aromatic heterocycles. The summed E-state index contributed by atoms with van der Waals surface area (Å²) in [6.45, 7) is 1.14. The number of aliphatic hydroxyl groups is 3. The van der Waals surface area contributed by atoms with E-state index in [4.69, 9.17) is 9.47 Å². The van der Waals surface area contributed by atoms with E-state index in [-0.39, 0.29) is 12.5 Å². The molecule has 4 N–H and O–H groups in total. The van der Waals surface area contributed by atoms with E-state index in [1.54, 1.807) is 37.6 Å². The van der Waals surface area contributed by atoms with Gasteiger partial charge in [-0.25, -0.2) is 4.68 Å². The van der Waals surface area contributed by atoms with Gasteiger partial charge in [0.2, 0.25) is 5.91 Å². The summed E-state index contributed by atoms with van der Waals surface area (Å²) in [4.78, 5) is 11.1. The first-order chi connectivity index (χ1) is 13.4. The van der Waals surface area contributed by atoms with E-state index in [0.29, 0.717) is 17.0 Å². The fraction of sp³-hybridized carbons (Fsp3) is 0.500. The van der Waals surface area contributed by atoms with Gasteiger partial charge in [-0.15, -0.1) is 5.10 Å². The number of aromatic nitrogens is 3. The van der Waals surface area contributed by atoms with E-state index >= 15 is 0 Å². The molecule has 0 spiro atoms. The van der Waals surface area contributed by atoms with Crippen LogP contribution in [0.5, 0.6) is 5.75 Å². The Bertz CT molecular complexity index is 796. The molecule has 152 valence electrons. The third-order valence-electron chi connectivity index (χ3n) is 4.72. The van der Waals surface area contributed by atoms with Crippen LogP contribution < -0.4 is 10.1 Å². The van der Waals surface area contributed by atoms with Crippen molar-refractivity contribution >= 4 is 5.91 Å². The number of methoxy groups -OCH3 is 1. The number of aliphatic hydroxyl groups excluding tert-OH is 3. The van der Waals surface area contributed by atoms with Crippen molar-refractivity contribution in [3.63, 3.8) is 0 Å². The van der Waals surface area contributed by atoms with Crippen LogP contribution in [0.3, 0.4) is 0 Å². The van der Waals surface area contributed by atoms with Gasteiger partial charge in [0.15, 0.2) is 0 Å². The van der Waals surface area contributed by atoms with Crippen LogP contribution in [0.1, 0.15) is 30.3 Å². The predicted molar refractivity (Wildman–Crippen MR) is 96.3 cm³/mol. The van der Waals surface area contributed by atoms with Crippen LogP contribution >= 0.6 is 0 Å². The Morgan fingerprint density at radius 2 is 2.00 bits per heavy atom. The molecule has 0 bridgehead atoms. The Morgan fingerprint density at radius 3 is 2.61 bits per heavy atom. The maximum absolute atomic E-state index is 11.1. The number of amides is 1. The van der Waals surface area contributed by atoms with Gasteiger partial charge >= 0.3 is 0 Å². The maximum atomic E-state index is 11.1. The van der Waals surface area contributed by atoms with E-state index < -0.39 is 37.1 Å². The zero-order valence-corrected chi connectivity index (χ0v) is 15.6. The number of carbonyl (C=O) groups excluding carboxylic acids is 1. The minimum atomic E-state index is -1.30. The second kappa shape index (κ2) is 8.65. The maximum Gasteiger partial charge on any atom is 0.217 e. The Balaban J connectivity index is 1.92. The van der Waals surface area contributed by atoms with Gasteiger partial charge in [0.1, 0.15) is 41.9 Å². The summed E-state index contributed by atoms with van der Waals surface area (Å²) in [5, 5.41) is 41.2. The number of rotatable bonds is 6. The lowest BCUT2D eigenvalue weighted by molar-refractivity contribution is -0.208. The number of nitrogens with zero attached hydrogens (tertiary/aromatic N) is 3. The average molecular weight is 392 g/mol. The second-order valence-corrected chi connectivity index (χ2v) is 6.62. The number of ether oxygens (including phenoxy) is 2. The standard InChI is InChI=1S/C18H24N4O6/c1-10(24)19-7-12-8-22(21-20-12)15-17(26)16(25)14(9-23)28-18(15)11-3-5-13(27-2)6-4-11/h3-6,8,14-18,23,25-26H,7,9H2,1-2H3,(H,19,24)/t14-,15-,16+,17-,18+/m1/s1. The molecule has 1 fully saturated rings. The molecule has 2 heterocycles. The fourth-order valence-electron chi connectivity index (χ4n) is 3.22. The topological polar surface area (TPSA) is 139 Å². The molecule has 5 atom stereocenters. The van der Waals surface area contributed by atoms with Gasteiger partial charge in [-0.2, -0.15) is 0 Å². The van der Waals surface area contributed by atoms with E-state index in [1.165, 1.54) is 11.6 Å². The number of hydrogen-bond acceptors (Lipinski definition) is 8. The summed E-state index contributed by atoms with van der Waals surface area (Å²) >= 11 is 0. The third-order valence-corrected chi connectivity index (χ3v) is 4.72. The summed E-state index contributed by atoms with van der Waals surface area (Å²) in [6.07, 6.45) is -2.62. The molecule has 1 aliphatic heterocycles. The van der Waals surface area contributed by atoms with Crippen molar-refractivity contribution in [1.82, 2.24) is 20.3 Å². The molecule has 28 heavy (non-hydrogen) atoms. The molecular weight excluding hydrogens is 368 g/mol. The lowest BCUT2D eigenvalue weighted by Crippen LogP contribution is -2.53. The van der Waals surface area contributed by atoms with Crippen molar-refractivity contribution in [2.24, 2.45) is 0 Å². The van der Waals surface area contributed by atoms with Crippen LogP contribution in [0.2, 0.25) is 0 Å². The van der Waals surface area contributed by atoms with Crippen molar-refractivity contribution in [3.8, 4) is 5.75 Å². The molecule has 0 radical (unpaired) electrons. The van der Waals surface area contributed by atoms with Crippen molar-refractivity contribution in [2.45, 2.75) is 43.9 Å². The van der Waals surface area contributed by atoms with Crippen molar-refractivity contribution < 1.29 is 29.6 Å². The van der Waals surface area contributed by atoms with Crippen LogP contribution in [0.15, 0.2) is 30.5 Å². The van der Waals surface area contributed by atoms with E-state index in [2.05, 4.69) is 15.6 Å². The Morgan fingerprint density at radius 1 is 1.29 bits per heavy atom. The number of benzene rings is 1. The zero-order valence-electron chi connectivity index (χ0n) is 15.6. The molecule has 10 nitrogen and oxygen atoms in total. The third kappa shape index (κ3) is 4.14. The van der Waals surface area contributed by atoms with Crippen LogP contribution in [-0.4, -0.2) is 68.2 Å². The summed E-state index contributed by atoms with van der Waals surface area (Å²) in [5.74, 6) is 0.460. The van der Waals surface area contributed by atoms with Gasteiger partial charge in [-0.05, 0) is 17.7 Å². The molecule has 0 unspecified atom stereocenters. The zero-order chi connectivity index (χ0) is 20.3. The van der Waals surface area contributed by atoms with Gasteiger partial charge < -0.3 is 30.1 Å². The smallest absolute Gasteiger partial charge is 0.217 e. The molecule has 10 heteroatoms. The van der Waals surface area contributed by atoms with Crippen molar-refractivity contribution in [3.05, 3.63) is 41.7 Å². The molecule has 0 saturated carbocycles. The quantitative estimate of drug-likeness (QED) is 0.507. The number of carbonyl (C=O) groups is 1. The van der Waals surface area contributed by atoms with Crippen LogP contribution in [0, 0.1) is 0 Å². The molecule has 0 aliphatic carbocycles. The van der Waals surface area contributed by atoms with Crippen LogP contribution in [0.25, 0.3) is 0 Å². The lowest BCUT2D eigenvalue weighted by Gasteiger charge is -2.42. The fourth-order valence-corrected chi connectivity index (χ4v) is 3.22. The van der Waals surface area contributed by atoms with Gasteiger partial charge in [0.05, 0.1) is 26.5 Å². The van der Waals surface area contributed by atoms with Gasteiger partial charge in [0, 0.05) is 6.92 Å². The highest BCUT2D eigenvalue weighted by Crippen LogP contribution is 2.40. The molecule has 3 rings (SSSR count). The molecular formula is C18H24N4O6. The molecule has 1 amide bonds. The van der Waals surface area contributed by atoms with Crippen LogP contribution in [0.4, 0.5) is 0 Å². The van der Waals surface area contributed by atoms with Gasteiger partial charge in [0.25, 0.3) is 0 Å². The molecule has 1 aromatic carbocycles. The Kier molecular flexibility index (Phi) is 6.25. The highest BCUT2D eigenvalue weighted by Gasteiger charge is 2.46. The first-order valence-corrected chi connectivity index (χ1v) is 8.86. The predicted octanol–water partition coefficient (Wildman–Crippen LogP) is -0.682. The molecule has 2 aromatic rings. The Hall–Kier alpha value is -2.53. The average Bonchev–Trinajstić information content (AvgIpc) is 3.17. The lowest BCUT2D eigenvalue weighted by atomic mass is 9.89. The SMILES string of the molecule is COc1ccc([C@@H]2O[C@H](CO)[C@H](O)[C@H](O)[C@H]2n2cc(CNC(C)=O)nn2)cc1. The molecule has 1 saturated heterocycles. The van der Waals surface area contributed by atoms with E-state index in [9.17, 15) is 20.1 Å². The van der Waals surface area contributed by atoms with Crippen LogP contribution in [-0.2, 0) is 16.1 Å². The second-order valence-electron chi connectivity index (χ2n) is 6.62. The highest BCUT2D eigenvalue weighted by molar-refractivity contribution is 5.72. The monoisotopic (exact) mass is 392 g/mol. The first-order valence-electron chi connectivity index (χ1n) is 8.86. The van der Waals surface area contributed by atoms with Crippen molar-refractivity contribution in [2.75, 3.05) is 13.7 Å². The van der Waals surface area contributed by atoms with E-state index in [0.717, 1.165) is 0 Å². The minimum Gasteiger partial charge on any atom is -0.497 e.